The zero-order valence-corrected chi connectivity index (χ0v) is 16.5. The second-order valence-electron chi connectivity index (χ2n) is 6.81. The van der Waals surface area contributed by atoms with E-state index in [1.807, 2.05) is 24.3 Å². The molecule has 0 radical (unpaired) electrons. The average molecular weight is 395 g/mol. The highest BCUT2D eigenvalue weighted by atomic mass is 16.5. The number of H-pyrrole nitrogens is 1. The molecule has 3 rings (SSSR count). The lowest BCUT2D eigenvalue weighted by atomic mass is 10.2. The van der Waals surface area contributed by atoms with Crippen LogP contribution in [0.25, 0.3) is 6.08 Å². The smallest absolute Gasteiger partial charge is 0.255 e. The number of carbonyl (C=O) groups is 2. The molecule has 0 spiro atoms. The monoisotopic (exact) mass is 395 g/mol. The molecule has 2 heterocycles. The Kier molecular flexibility index (Phi) is 6.84. The van der Waals surface area contributed by atoms with Gasteiger partial charge < -0.3 is 19.5 Å². The van der Waals surface area contributed by atoms with Crippen molar-refractivity contribution in [1.29, 1.82) is 0 Å². The summed E-state index contributed by atoms with van der Waals surface area (Å²) in [5, 5.41) is 0. The lowest BCUT2D eigenvalue weighted by Gasteiger charge is -2.34. The van der Waals surface area contributed by atoms with Gasteiger partial charge in [0, 0.05) is 44.5 Å². The molecule has 1 aliphatic heterocycles. The van der Waals surface area contributed by atoms with Crippen LogP contribution in [0.4, 0.5) is 0 Å². The zero-order valence-electron chi connectivity index (χ0n) is 16.5. The van der Waals surface area contributed by atoms with E-state index >= 15 is 0 Å². The first-order valence-electron chi connectivity index (χ1n) is 9.74. The number of nitrogens with zero attached hydrogens (tertiary/aromatic N) is 2. The Hall–Kier alpha value is -3.35. The van der Waals surface area contributed by atoms with Crippen molar-refractivity contribution in [3.8, 4) is 5.75 Å². The molecule has 0 saturated carbocycles. The molecule has 1 fully saturated rings. The van der Waals surface area contributed by atoms with Gasteiger partial charge in [-0.1, -0.05) is 19.1 Å². The summed E-state index contributed by atoms with van der Waals surface area (Å²) in [6, 6.07) is 10.5. The lowest BCUT2D eigenvalue weighted by molar-refractivity contribution is -0.127. The van der Waals surface area contributed by atoms with E-state index in [2.05, 4.69) is 11.9 Å². The summed E-state index contributed by atoms with van der Waals surface area (Å²) in [6.45, 7) is 4.61. The summed E-state index contributed by atoms with van der Waals surface area (Å²) >= 11 is 0. The fourth-order valence-electron chi connectivity index (χ4n) is 3.02. The van der Waals surface area contributed by atoms with Crippen LogP contribution in [0.1, 0.15) is 29.3 Å². The minimum atomic E-state index is -0.244. The third-order valence-corrected chi connectivity index (χ3v) is 4.68. The van der Waals surface area contributed by atoms with E-state index in [0.29, 0.717) is 38.3 Å². The predicted molar refractivity (Wildman–Crippen MR) is 111 cm³/mol. The van der Waals surface area contributed by atoms with Crippen molar-refractivity contribution in [1.82, 2.24) is 14.8 Å². The molecular formula is C22H25N3O4. The number of amides is 2. The number of aromatic amines is 1. The van der Waals surface area contributed by atoms with E-state index in [4.69, 9.17) is 4.74 Å². The molecule has 0 aliphatic carbocycles. The molecule has 1 aromatic carbocycles. The van der Waals surface area contributed by atoms with E-state index in [1.165, 1.54) is 18.3 Å². The van der Waals surface area contributed by atoms with Gasteiger partial charge in [0.1, 0.15) is 5.75 Å². The van der Waals surface area contributed by atoms with Crippen LogP contribution < -0.4 is 10.3 Å². The molecule has 29 heavy (non-hydrogen) atoms. The van der Waals surface area contributed by atoms with Crippen LogP contribution in [0, 0.1) is 0 Å². The van der Waals surface area contributed by atoms with Gasteiger partial charge in [-0.25, -0.2) is 0 Å². The Balaban J connectivity index is 1.50. The minimum Gasteiger partial charge on any atom is -0.494 e. The van der Waals surface area contributed by atoms with Gasteiger partial charge in [-0.2, -0.15) is 0 Å². The fourth-order valence-corrected chi connectivity index (χ4v) is 3.02. The van der Waals surface area contributed by atoms with Crippen LogP contribution in [-0.4, -0.2) is 59.4 Å². The molecule has 0 bridgehead atoms. The van der Waals surface area contributed by atoms with Crippen LogP contribution >= 0.6 is 0 Å². The summed E-state index contributed by atoms with van der Waals surface area (Å²) in [7, 11) is 0. The Morgan fingerprint density at radius 1 is 1.03 bits per heavy atom. The molecular weight excluding hydrogens is 370 g/mol. The quantitative estimate of drug-likeness (QED) is 0.760. The number of hydrogen-bond donors (Lipinski definition) is 1. The van der Waals surface area contributed by atoms with Crippen molar-refractivity contribution < 1.29 is 14.3 Å². The molecule has 2 amide bonds. The lowest BCUT2D eigenvalue weighted by Crippen LogP contribution is -2.50. The molecule has 2 aromatic rings. The van der Waals surface area contributed by atoms with Crippen molar-refractivity contribution in [3.63, 3.8) is 0 Å². The number of ether oxygens (including phenoxy) is 1. The first kappa shape index (κ1) is 20.4. The van der Waals surface area contributed by atoms with Crippen LogP contribution in [-0.2, 0) is 4.79 Å². The first-order valence-corrected chi connectivity index (χ1v) is 9.74. The number of carbonyl (C=O) groups excluding carboxylic acids is 2. The maximum absolute atomic E-state index is 12.5. The highest BCUT2D eigenvalue weighted by molar-refractivity contribution is 5.94. The van der Waals surface area contributed by atoms with Gasteiger partial charge in [-0.3, -0.25) is 14.4 Å². The second kappa shape index (κ2) is 9.73. The normalized spacial score (nSPS) is 14.2. The van der Waals surface area contributed by atoms with Gasteiger partial charge in [0.05, 0.1) is 12.2 Å². The third kappa shape index (κ3) is 5.57. The highest BCUT2D eigenvalue weighted by Gasteiger charge is 2.23. The molecule has 1 saturated heterocycles. The Labute approximate surface area is 169 Å². The highest BCUT2D eigenvalue weighted by Crippen LogP contribution is 2.14. The van der Waals surface area contributed by atoms with E-state index < -0.39 is 0 Å². The van der Waals surface area contributed by atoms with Gasteiger partial charge in [-0.15, -0.1) is 0 Å². The minimum absolute atomic E-state index is 0.0764. The predicted octanol–water partition coefficient (Wildman–Crippen LogP) is 2.16. The Morgan fingerprint density at radius 3 is 2.34 bits per heavy atom. The van der Waals surface area contributed by atoms with Crippen molar-refractivity contribution in [2.75, 3.05) is 32.8 Å². The third-order valence-electron chi connectivity index (χ3n) is 4.68. The average Bonchev–Trinajstić information content (AvgIpc) is 2.77. The van der Waals surface area contributed by atoms with Gasteiger partial charge in [0.2, 0.25) is 11.5 Å². The van der Waals surface area contributed by atoms with Gasteiger partial charge >= 0.3 is 0 Å². The van der Waals surface area contributed by atoms with Crippen molar-refractivity contribution >= 4 is 17.9 Å². The van der Waals surface area contributed by atoms with Crippen LogP contribution in [0.3, 0.4) is 0 Å². The van der Waals surface area contributed by atoms with Gasteiger partial charge in [0.15, 0.2) is 0 Å². The van der Waals surface area contributed by atoms with Crippen LogP contribution in [0.2, 0.25) is 0 Å². The number of aromatic nitrogens is 1. The first-order chi connectivity index (χ1) is 14.1. The summed E-state index contributed by atoms with van der Waals surface area (Å²) in [6.07, 6.45) is 5.72. The summed E-state index contributed by atoms with van der Waals surface area (Å²) in [5.74, 6) is 0.598. The number of piperazine rings is 1. The zero-order chi connectivity index (χ0) is 20.6. The van der Waals surface area contributed by atoms with E-state index in [0.717, 1.165) is 17.7 Å². The maximum Gasteiger partial charge on any atom is 0.255 e. The Bertz CT molecular complexity index is 905. The van der Waals surface area contributed by atoms with E-state index in [-0.39, 0.29) is 17.4 Å². The Morgan fingerprint density at radius 2 is 1.72 bits per heavy atom. The van der Waals surface area contributed by atoms with Crippen molar-refractivity contribution in [2.24, 2.45) is 0 Å². The summed E-state index contributed by atoms with van der Waals surface area (Å²) in [5.41, 5.74) is 1.12. The van der Waals surface area contributed by atoms with Gasteiger partial charge in [0.25, 0.3) is 5.91 Å². The standard InChI is InChI=1S/C22H25N3O4/c1-2-15-29-19-7-3-17(4-8-19)5-10-21(27)24-11-13-25(14-12-24)22(28)18-6-9-20(26)23-16-18/h3-10,16H,2,11-15H2,1H3,(H,23,26)/b10-5+. The maximum atomic E-state index is 12.5. The molecule has 0 unspecified atom stereocenters. The fraction of sp³-hybridized carbons (Fsp3) is 0.318. The number of hydrogen-bond acceptors (Lipinski definition) is 4. The topological polar surface area (TPSA) is 82.7 Å². The molecule has 152 valence electrons. The molecule has 1 aromatic heterocycles. The molecule has 0 atom stereocenters. The number of benzene rings is 1. The number of pyridine rings is 1. The SMILES string of the molecule is CCCOc1ccc(/C=C/C(=O)N2CCN(C(=O)c3ccc(=O)[nH]c3)CC2)cc1. The van der Waals surface area contributed by atoms with Crippen molar-refractivity contribution in [3.05, 3.63) is 70.2 Å². The number of nitrogens with one attached hydrogen (secondary N) is 1. The molecule has 7 heteroatoms. The second-order valence-corrected chi connectivity index (χ2v) is 6.81. The summed E-state index contributed by atoms with van der Waals surface area (Å²) < 4.78 is 5.55. The van der Waals surface area contributed by atoms with Crippen molar-refractivity contribution in [2.45, 2.75) is 13.3 Å². The van der Waals surface area contributed by atoms with Gasteiger partial charge in [-0.05, 0) is 36.3 Å². The van der Waals surface area contributed by atoms with E-state index in [1.54, 1.807) is 22.0 Å². The molecule has 7 nitrogen and oxygen atoms in total. The van der Waals surface area contributed by atoms with E-state index in [9.17, 15) is 14.4 Å². The number of rotatable bonds is 6. The molecule has 1 N–H and O–H groups in total. The summed E-state index contributed by atoms with van der Waals surface area (Å²) in [4.78, 5) is 42.0. The van der Waals surface area contributed by atoms with Crippen LogP contribution in [0.15, 0.2) is 53.5 Å². The van der Waals surface area contributed by atoms with Crippen LogP contribution in [0.5, 0.6) is 5.75 Å². The molecule has 1 aliphatic rings. The largest absolute Gasteiger partial charge is 0.494 e.